The van der Waals surface area contributed by atoms with Crippen LogP contribution in [0.5, 0.6) is 11.5 Å². The van der Waals surface area contributed by atoms with E-state index in [2.05, 4.69) is 0 Å². The molecule has 0 spiro atoms. The van der Waals surface area contributed by atoms with E-state index in [9.17, 15) is 14.4 Å². The summed E-state index contributed by atoms with van der Waals surface area (Å²) in [6, 6.07) is 2.25. The highest BCUT2D eigenvalue weighted by atomic mass is 35.5. The molecule has 0 radical (unpaired) electrons. The molecule has 0 unspecified atom stereocenters. The van der Waals surface area contributed by atoms with Crippen LogP contribution < -0.4 is 9.47 Å². The minimum absolute atomic E-state index is 0.162. The minimum Gasteiger partial charge on any atom is -0.490 e. The number of amides is 2. The average molecular weight is 428 g/mol. The molecule has 1 aromatic carbocycles. The SMILES string of the molecule is CCOC(=O)[C@@H](C)N1C(=O)S/C(=C/c2cc(OCC)c(OCC)cc2Cl)C1=O. The van der Waals surface area contributed by atoms with Gasteiger partial charge in [0.1, 0.15) is 6.04 Å². The molecular weight excluding hydrogens is 406 g/mol. The van der Waals surface area contributed by atoms with Gasteiger partial charge in [-0.05, 0) is 57.2 Å². The second kappa shape index (κ2) is 9.84. The van der Waals surface area contributed by atoms with Gasteiger partial charge < -0.3 is 14.2 Å². The van der Waals surface area contributed by atoms with E-state index >= 15 is 0 Å². The van der Waals surface area contributed by atoms with E-state index < -0.39 is 23.2 Å². The molecule has 0 aliphatic carbocycles. The number of carbonyl (C=O) groups is 3. The van der Waals surface area contributed by atoms with Crippen molar-refractivity contribution in [3.63, 3.8) is 0 Å². The van der Waals surface area contributed by atoms with Crippen LogP contribution in [0.1, 0.15) is 33.3 Å². The number of rotatable bonds is 8. The van der Waals surface area contributed by atoms with E-state index in [1.54, 1.807) is 19.1 Å². The maximum atomic E-state index is 12.7. The first-order chi connectivity index (χ1) is 13.3. The largest absolute Gasteiger partial charge is 0.490 e. The van der Waals surface area contributed by atoms with E-state index in [4.69, 9.17) is 25.8 Å². The zero-order valence-electron chi connectivity index (χ0n) is 16.1. The molecular formula is C19H22ClNO6S. The Hall–Kier alpha value is -2.19. The van der Waals surface area contributed by atoms with Crippen molar-refractivity contribution in [1.82, 2.24) is 4.90 Å². The summed E-state index contributed by atoms with van der Waals surface area (Å²) < 4.78 is 16.0. The fraction of sp³-hybridized carbons (Fsp3) is 0.421. The first kappa shape index (κ1) is 22.1. The number of nitrogens with zero attached hydrogens (tertiary/aromatic N) is 1. The monoisotopic (exact) mass is 427 g/mol. The van der Waals surface area contributed by atoms with Crippen molar-refractivity contribution >= 4 is 46.6 Å². The Labute approximate surface area is 172 Å². The maximum Gasteiger partial charge on any atom is 0.329 e. The molecule has 0 saturated carbocycles. The van der Waals surface area contributed by atoms with Gasteiger partial charge in [0.2, 0.25) is 0 Å². The van der Waals surface area contributed by atoms with Gasteiger partial charge in [-0.1, -0.05) is 11.6 Å². The van der Waals surface area contributed by atoms with Crippen molar-refractivity contribution in [2.45, 2.75) is 33.7 Å². The van der Waals surface area contributed by atoms with Gasteiger partial charge in [0.05, 0.1) is 29.7 Å². The summed E-state index contributed by atoms with van der Waals surface area (Å²) in [4.78, 5) is 37.9. The molecule has 152 valence electrons. The number of carbonyl (C=O) groups excluding carboxylic acids is 3. The lowest BCUT2D eigenvalue weighted by Crippen LogP contribution is -2.42. The summed E-state index contributed by atoms with van der Waals surface area (Å²) in [5, 5.41) is -0.193. The Kier molecular flexibility index (Phi) is 7.77. The van der Waals surface area contributed by atoms with Gasteiger partial charge in [-0.15, -0.1) is 0 Å². The van der Waals surface area contributed by atoms with Crippen LogP contribution in [0.4, 0.5) is 4.79 Å². The van der Waals surface area contributed by atoms with Gasteiger partial charge >= 0.3 is 5.97 Å². The molecule has 1 aromatic rings. The van der Waals surface area contributed by atoms with E-state index in [0.29, 0.717) is 35.3 Å². The number of ether oxygens (including phenoxy) is 3. The lowest BCUT2D eigenvalue weighted by Gasteiger charge is -2.19. The molecule has 28 heavy (non-hydrogen) atoms. The summed E-state index contributed by atoms with van der Waals surface area (Å²) in [7, 11) is 0. The van der Waals surface area contributed by atoms with Crippen molar-refractivity contribution in [1.29, 1.82) is 0 Å². The van der Waals surface area contributed by atoms with Gasteiger partial charge in [0.25, 0.3) is 11.1 Å². The van der Waals surface area contributed by atoms with Crippen LogP contribution in [0.2, 0.25) is 5.02 Å². The predicted octanol–water partition coefficient (Wildman–Crippen LogP) is 4.13. The zero-order chi connectivity index (χ0) is 20.8. The molecule has 9 heteroatoms. The van der Waals surface area contributed by atoms with E-state index in [1.807, 2.05) is 13.8 Å². The number of hydrogen-bond donors (Lipinski definition) is 0. The Bertz CT molecular complexity index is 810. The Morgan fingerprint density at radius 1 is 1.14 bits per heavy atom. The Balaban J connectivity index is 2.35. The first-order valence-electron chi connectivity index (χ1n) is 8.86. The van der Waals surface area contributed by atoms with Crippen LogP contribution in [0.15, 0.2) is 17.0 Å². The van der Waals surface area contributed by atoms with Crippen LogP contribution in [-0.2, 0) is 14.3 Å². The molecule has 0 aromatic heterocycles. The van der Waals surface area contributed by atoms with E-state index in [-0.39, 0.29) is 11.5 Å². The summed E-state index contributed by atoms with van der Waals surface area (Å²) in [6.45, 7) is 7.83. The van der Waals surface area contributed by atoms with Gasteiger partial charge in [-0.25, -0.2) is 4.79 Å². The summed E-state index contributed by atoms with van der Waals surface area (Å²) in [5.41, 5.74) is 0.503. The van der Waals surface area contributed by atoms with Gasteiger partial charge in [0, 0.05) is 6.07 Å². The number of thioether (sulfide) groups is 1. The van der Waals surface area contributed by atoms with E-state index in [1.165, 1.54) is 13.0 Å². The smallest absolute Gasteiger partial charge is 0.329 e. The Morgan fingerprint density at radius 3 is 2.32 bits per heavy atom. The number of halogens is 1. The lowest BCUT2D eigenvalue weighted by molar-refractivity contribution is -0.150. The third kappa shape index (κ3) is 4.80. The van der Waals surface area contributed by atoms with Crippen LogP contribution in [0.25, 0.3) is 6.08 Å². The van der Waals surface area contributed by atoms with Crippen molar-refractivity contribution in [2.24, 2.45) is 0 Å². The topological polar surface area (TPSA) is 82.1 Å². The average Bonchev–Trinajstić information content (AvgIpc) is 2.92. The molecule has 0 N–H and O–H groups in total. The van der Waals surface area contributed by atoms with Crippen LogP contribution in [0.3, 0.4) is 0 Å². The normalized spacial score (nSPS) is 16.5. The van der Waals surface area contributed by atoms with E-state index in [0.717, 1.165) is 16.7 Å². The molecule has 0 bridgehead atoms. The van der Waals surface area contributed by atoms with Crippen LogP contribution >= 0.6 is 23.4 Å². The lowest BCUT2D eigenvalue weighted by atomic mass is 10.1. The number of esters is 1. The molecule has 1 saturated heterocycles. The van der Waals surface area contributed by atoms with Crippen molar-refractivity contribution in [2.75, 3.05) is 19.8 Å². The second-order valence-electron chi connectivity index (χ2n) is 5.67. The number of hydrogen-bond acceptors (Lipinski definition) is 7. The standard InChI is InChI=1S/C19H22ClNO6S/c1-5-25-14-8-12(13(20)10-15(14)26-6-2)9-16-17(22)21(19(24)28-16)11(4)18(23)27-7-3/h8-11H,5-7H2,1-4H3/b16-9+/t11-/m1/s1. The number of imide groups is 1. The Morgan fingerprint density at radius 2 is 1.75 bits per heavy atom. The van der Waals surface area contributed by atoms with Crippen molar-refractivity contribution in [3.05, 3.63) is 27.6 Å². The third-order valence-electron chi connectivity index (χ3n) is 3.79. The molecule has 1 atom stereocenters. The molecule has 1 fully saturated rings. The third-order valence-corrected chi connectivity index (χ3v) is 5.00. The molecule has 1 aliphatic heterocycles. The molecule has 1 aliphatic rings. The van der Waals surface area contributed by atoms with Crippen molar-refractivity contribution < 1.29 is 28.6 Å². The highest BCUT2D eigenvalue weighted by molar-refractivity contribution is 8.18. The number of benzene rings is 1. The van der Waals surface area contributed by atoms with Crippen LogP contribution in [0, 0.1) is 0 Å². The quantitative estimate of drug-likeness (QED) is 0.455. The predicted molar refractivity (Wildman–Crippen MR) is 108 cm³/mol. The summed E-state index contributed by atoms with van der Waals surface area (Å²) in [5.74, 6) is -0.225. The zero-order valence-corrected chi connectivity index (χ0v) is 17.7. The fourth-order valence-electron chi connectivity index (χ4n) is 2.52. The van der Waals surface area contributed by atoms with Crippen molar-refractivity contribution in [3.8, 4) is 11.5 Å². The molecule has 7 nitrogen and oxygen atoms in total. The maximum absolute atomic E-state index is 12.7. The van der Waals surface area contributed by atoms with Crippen LogP contribution in [-0.4, -0.2) is 47.9 Å². The molecule has 1 heterocycles. The molecule has 2 amide bonds. The molecule has 2 rings (SSSR count). The van der Waals surface area contributed by atoms with Gasteiger partial charge in [-0.3, -0.25) is 14.5 Å². The highest BCUT2D eigenvalue weighted by Gasteiger charge is 2.41. The van der Waals surface area contributed by atoms with Gasteiger partial charge in [0.15, 0.2) is 11.5 Å². The summed E-state index contributed by atoms with van der Waals surface area (Å²) >= 11 is 7.06. The van der Waals surface area contributed by atoms with Gasteiger partial charge in [-0.2, -0.15) is 0 Å². The first-order valence-corrected chi connectivity index (χ1v) is 10.1. The second-order valence-corrected chi connectivity index (χ2v) is 7.07. The highest BCUT2D eigenvalue weighted by Crippen LogP contribution is 2.38. The minimum atomic E-state index is -1.01. The summed E-state index contributed by atoms with van der Waals surface area (Å²) in [6.07, 6.45) is 1.50. The fourth-order valence-corrected chi connectivity index (χ4v) is 3.63.